The van der Waals surface area contributed by atoms with Crippen molar-refractivity contribution in [3.63, 3.8) is 0 Å². The van der Waals surface area contributed by atoms with Crippen LogP contribution in [0.15, 0.2) is 6.33 Å². The number of ether oxygens (including phenoxy) is 3. The largest absolute Gasteiger partial charge is 0.490 e. The average molecular weight is 270 g/mol. The van der Waals surface area contributed by atoms with Crippen molar-refractivity contribution in [1.82, 2.24) is 9.97 Å². The number of nitrogen functional groups attached to an aromatic ring is 1. The first-order valence-corrected chi connectivity index (χ1v) is 6.24. The Kier molecular flexibility index (Phi) is 7.60. The number of nitrogens with one attached hydrogen (secondary N) is 1. The van der Waals surface area contributed by atoms with Gasteiger partial charge in [-0.1, -0.05) is 0 Å². The van der Waals surface area contributed by atoms with E-state index in [1.165, 1.54) is 6.33 Å². The summed E-state index contributed by atoms with van der Waals surface area (Å²) in [6, 6.07) is 0. The number of rotatable bonds is 10. The van der Waals surface area contributed by atoms with Crippen molar-refractivity contribution in [2.75, 3.05) is 51.6 Å². The minimum atomic E-state index is 0.336. The Morgan fingerprint density at radius 2 is 2.00 bits per heavy atom. The van der Waals surface area contributed by atoms with Crippen molar-refractivity contribution in [3.05, 3.63) is 6.33 Å². The van der Waals surface area contributed by atoms with E-state index in [2.05, 4.69) is 15.3 Å². The Morgan fingerprint density at radius 1 is 1.16 bits per heavy atom. The second kappa shape index (κ2) is 9.35. The molecular weight excluding hydrogens is 248 g/mol. The number of methoxy groups -OCH3 is 2. The maximum absolute atomic E-state index is 5.68. The molecule has 0 aliphatic carbocycles. The highest BCUT2D eigenvalue weighted by atomic mass is 16.5. The predicted molar refractivity (Wildman–Crippen MR) is 73.4 cm³/mol. The van der Waals surface area contributed by atoms with Gasteiger partial charge in [0.2, 0.25) is 5.75 Å². The number of anilines is 2. The van der Waals surface area contributed by atoms with Crippen LogP contribution in [-0.2, 0) is 9.47 Å². The van der Waals surface area contributed by atoms with E-state index >= 15 is 0 Å². The number of hydrogen-bond acceptors (Lipinski definition) is 7. The average Bonchev–Trinajstić information content (AvgIpc) is 2.42. The summed E-state index contributed by atoms with van der Waals surface area (Å²) in [6.45, 7) is 2.78. The quantitative estimate of drug-likeness (QED) is 0.611. The molecule has 3 N–H and O–H groups in total. The number of hydrogen-bond donors (Lipinski definition) is 2. The summed E-state index contributed by atoms with van der Waals surface area (Å²) in [5, 5.41) is 3.17. The molecule has 108 valence electrons. The second-order valence-electron chi connectivity index (χ2n) is 3.88. The zero-order valence-corrected chi connectivity index (χ0v) is 11.5. The molecular formula is C12H22N4O3. The van der Waals surface area contributed by atoms with E-state index in [0.717, 1.165) is 26.0 Å². The third kappa shape index (κ3) is 5.71. The lowest BCUT2D eigenvalue weighted by atomic mass is 10.3. The van der Waals surface area contributed by atoms with Crippen molar-refractivity contribution in [2.45, 2.75) is 12.8 Å². The Hall–Kier alpha value is -1.60. The molecule has 1 rings (SSSR count). The van der Waals surface area contributed by atoms with E-state index in [9.17, 15) is 0 Å². The van der Waals surface area contributed by atoms with Crippen LogP contribution in [0.4, 0.5) is 11.6 Å². The highest BCUT2D eigenvalue weighted by Crippen LogP contribution is 2.25. The molecule has 7 nitrogen and oxygen atoms in total. The molecule has 1 heterocycles. The Balaban J connectivity index is 2.17. The van der Waals surface area contributed by atoms with Gasteiger partial charge in [-0.25, -0.2) is 9.97 Å². The smallest absolute Gasteiger partial charge is 0.203 e. The van der Waals surface area contributed by atoms with Gasteiger partial charge in [-0.3, -0.25) is 0 Å². The van der Waals surface area contributed by atoms with Crippen LogP contribution in [0.5, 0.6) is 5.75 Å². The van der Waals surface area contributed by atoms with Crippen molar-refractivity contribution >= 4 is 11.6 Å². The molecule has 0 fully saturated rings. The predicted octanol–water partition coefficient (Wildman–Crippen LogP) is 0.922. The number of aromatic nitrogens is 2. The van der Waals surface area contributed by atoms with Gasteiger partial charge in [0.1, 0.15) is 6.33 Å². The topological polar surface area (TPSA) is 91.5 Å². The molecule has 7 heteroatoms. The van der Waals surface area contributed by atoms with Crippen molar-refractivity contribution < 1.29 is 14.2 Å². The molecule has 0 amide bonds. The highest BCUT2D eigenvalue weighted by molar-refractivity contribution is 5.61. The van der Waals surface area contributed by atoms with E-state index in [4.69, 9.17) is 19.9 Å². The molecule has 0 atom stereocenters. The fourth-order valence-corrected chi connectivity index (χ4v) is 1.49. The Bertz CT molecular complexity index is 363. The molecule has 0 radical (unpaired) electrons. The Morgan fingerprint density at radius 3 is 2.74 bits per heavy atom. The maximum atomic E-state index is 5.68. The molecule has 0 aliphatic rings. The molecule has 0 saturated heterocycles. The second-order valence-corrected chi connectivity index (χ2v) is 3.88. The molecule has 0 aliphatic heterocycles. The van der Waals surface area contributed by atoms with Crippen LogP contribution in [0.3, 0.4) is 0 Å². The van der Waals surface area contributed by atoms with Gasteiger partial charge >= 0.3 is 0 Å². The molecule has 0 aromatic carbocycles. The van der Waals surface area contributed by atoms with Crippen LogP contribution in [0.2, 0.25) is 0 Å². The fourth-order valence-electron chi connectivity index (χ4n) is 1.49. The summed E-state index contributed by atoms with van der Waals surface area (Å²) in [5.74, 6) is 1.44. The minimum Gasteiger partial charge on any atom is -0.490 e. The van der Waals surface area contributed by atoms with Crippen molar-refractivity contribution in [3.8, 4) is 5.75 Å². The van der Waals surface area contributed by atoms with Gasteiger partial charge in [0.25, 0.3) is 0 Å². The molecule has 19 heavy (non-hydrogen) atoms. The molecule has 0 spiro atoms. The van der Waals surface area contributed by atoms with Gasteiger partial charge in [0.05, 0.1) is 20.3 Å². The molecule has 0 saturated carbocycles. The van der Waals surface area contributed by atoms with Gasteiger partial charge in [-0.05, 0) is 12.8 Å². The van der Waals surface area contributed by atoms with E-state index < -0.39 is 0 Å². The van der Waals surface area contributed by atoms with Gasteiger partial charge < -0.3 is 25.3 Å². The minimum absolute atomic E-state index is 0.336. The van der Waals surface area contributed by atoms with E-state index in [1.807, 2.05) is 0 Å². The van der Waals surface area contributed by atoms with Gasteiger partial charge in [0, 0.05) is 20.3 Å². The number of nitrogens with two attached hydrogens (primary N) is 1. The van der Waals surface area contributed by atoms with Crippen LogP contribution < -0.4 is 15.8 Å². The van der Waals surface area contributed by atoms with E-state index in [1.54, 1.807) is 14.2 Å². The highest BCUT2D eigenvalue weighted by Gasteiger charge is 2.08. The normalized spacial score (nSPS) is 10.4. The van der Waals surface area contributed by atoms with E-state index in [0.29, 0.717) is 30.6 Å². The van der Waals surface area contributed by atoms with Crippen LogP contribution >= 0.6 is 0 Å². The van der Waals surface area contributed by atoms with Crippen molar-refractivity contribution in [1.29, 1.82) is 0 Å². The van der Waals surface area contributed by atoms with Gasteiger partial charge in [0.15, 0.2) is 11.6 Å². The lowest BCUT2D eigenvalue weighted by Crippen LogP contribution is -2.09. The first kappa shape index (κ1) is 15.5. The first-order chi connectivity index (χ1) is 9.29. The zero-order chi connectivity index (χ0) is 13.9. The summed E-state index contributed by atoms with van der Waals surface area (Å²) < 4.78 is 15.4. The first-order valence-electron chi connectivity index (χ1n) is 6.24. The molecule has 0 bridgehead atoms. The third-order valence-electron chi connectivity index (χ3n) is 2.48. The summed E-state index contributed by atoms with van der Waals surface area (Å²) in [6.07, 6.45) is 3.35. The number of unbranched alkanes of at least 4 members (excludes halogenated alkanes) is 1. The van der Waals surface area contributed by atoms with Crippen molar-refractivity contribution in [2.24, 2.45) is 0 Å². The lowest BCUT2D eigenvalue weighted by molar-refractivity contribution is 0.0691. The monoisotopic (exact) mass is 270 g/mol. The standard InChI is InChI=1S/C12H22N4O3/c1-17-7-8-19-6-4-3-5-14-12-10(18-2)11(13)15-9-16-12/h9H,3-8H2,1-2H3,(H3,13,14,15,16). The maximum Gasteiger partial charge on any atom is 0.203 e. The summed E-state index contributed by atoms with van der Waals surface area (Å²) in [4.78, 5) is 7.96. The van der Waals surface area contributed by atoms with Gasteiger partial charge in [-0.2, -0.15) is 0 Å². The lowest BCUT2D eigenvalue weighted by Gasteiger charge is -2.10. The van der Waals surface area contributed by atoms with Crippen LogP contribution in [0, 0.1) is 0 Å². The summed E-state index contributed by atoms with van der Waals surface area (Å²) in [7, 11) is 3.21. The summed E-state index contributed by atoms with van der Waals surface area (Å²) in [5.41, 5.74) is 5.68. The van der Waals surface area contributed by atoms with Gasteiger partial charge in [-0.15, -0.1) is 0 Å². The zero-order valence-electron chi connectivity index (χ0n) is 11.5. The SMILES string of the molecule is COCCOCCCCNc1ncnc(N)c1OC. The summed E-state index contributed by atoms with van der Waals surface area (Å²) >= 11 is 0. The van der Waals surface area contributed by atoms with Crippen LogP contribution in [0.1, 0.15) is 12.8 Å². The molecule has 1 aromatic heterocycles. The molecule has 0 unspecified atom stereocenters. The fraction of sp³-hybridized carbons (Fsp3) is 0.667. The Labute approximate surface area is 113 Å². The van der Waals surface area contributed by atoms with Crippen LogP contribution in [0.25, 0.3) is 0 Å². The van der Waals surface area contributed by atoms with E-state index in [-0.39, 0.29) is 0 Å². The number of nitrogens with zero attached hydrogens (tertiary/aromatic N) is 2. The van der Waals surface area contributed by atoms with Crippen LogP contribution in [-0.4, -0.2) is 50.6 Å². The molecule has 1 aromatic rings. The third-order valence-corrected chi connectivity index (χ3v) is 2.48.